The topological polar surface area (TPSA) is 97.6 Å². The maximum atomic E-state index is 11.1. The lowest BCUT2D eigenvalue weighted by Crippen LogP contribution is -2.49. The summed E-state index contributed by atoms with van der Waals surface area (Å²) in [7, 11) is 0. The molecule has 0 saturated carbocycles. The minimum atomic E-state index is -1.78. The van der Waals surface area contributed by atoms with Crippen LogP contribution in [0.5, 0.6) is 28.7 Å². The Morgan fingerprint density at radius 3 is 2.57 bits per heavy atom. The van der Waals surface area contributed by atoms with Crippen molar-refractivity contribution in [2.75, 3.05) is 6.79 Å². The van der Waals surface area contributed by atoms with Crippen molar-refractivity contribution in [3.05, 3.63) is 41.5 Å². The first-order chi connectivity index (χ1) is 11.1. The Balaban J connectivity index is 1.71. The third-order valence-corrected chi connectivity index (χ3v) is 4.45. The fraction of sp³-hybridized carbons (Fsp3) is 0.250. The molecule has 7 nitrogen and oxygen atoms in total. The molecule has 23 heavy (non-hydrogen) atoms. The highest BCUT2D eigenvalue weighted by Gasteiger charge is 2.59. The molecule has 0 amide bonds. The van der Waals surface area contributed by atoms with Crippen LogP contribution in [0.15, 0.2) is 30.3 Å². The van der Waals surface area contributed by atoms with Crippen molar-refractivity contribution in [1.82, 2.24) is 0 Å². The first-order valence-electron chi connectivity index (χ1n) is 7.08. The van der Waals surface area contributed by atoms with Crippen LogP contribution in [-0.2, 0) is 5.60 Å². The van der Waals surface area contributed by atoms with E-state index in [1.165, 1.54) is 12.1 Å². The highest BCUT2D eigenvalue weighted by Crippen LogP contribution is 2.58. The molecule has 3 heterocycles. The molecule has 3 atom stereocenters. The van der Waals surface area contributed by atoms with E-state index >= 15 is 0 Å². The highest BCUT2D eigenvalue weighted by molar-refractivity contribution is 5.59. The molecule has 3 aliphatic rings. The Labute approximate surface area is 130 Å². The summed E-state index contributed by atoms with van der Waals surface area (Å²) in [5.74, 6) is 1.65. The van der Waals surface area contributed by atoms with Crippen LogP contribution in [0.25, 0.3) is 0 Å². The highest BCUT2D eigenvalue weighted by atomic mass is 16.7. The smallest absolute Gasteiger partial charge is 0.235 e. The van der Waals surface area contributed by atoms with Gasteiger partial charge >= 0.3 is 0 Å². The SMILES string of the molecule is Oc1ccc2c(c1)O[C@H](O)[C@@]1(O)c3cc4c(cc3O[C@@H]21)OCO4. The Hall–Kier alpha value is -2.64. The molecule has 0 bridgehead atoms. The summed E-state index contributed by atoms with van der Waals surface area (Å²) in [6.45, 7) is 0.0985. The molecule has 0 unspecified atom stereocenters. The van der Waals surface area contributed by atoms with Gasteiger partial charge in [0.25, 0.3) is 0 Å². The maximum absolute atomic E-state index is 11.1. The number of phenols is 1. The normalized spacial score (nSPS) is 29.1. The van der Waals surface area contributed by atoms with Crippen LogP contribution in [0.4, 0.5) is 0 Å². The Bertz CT molecular complexity index is 833. The van der Waals surface area contributed by atoms with Gasteiger partial charge in [0, 0.05) is 23.3 Å². The van der Waals surface area contributed by atoms with Gasteiger partial charge in [0.1, 0.15) is 17.2 Å². The van der Waals surface area contributed by atoms with Gasteiger partial charge in [-0.3, -0.25) is 0 Å². The third-order valence-electron chi connectivity index (χ3n) is 4.45. The molecule has 3 N–H and O–H groups in total. The zero-order valence-corrected chi connectivity index (χ0v) is 11.7. The molecule has 5 rings (SSSR count). The van der Waals surface area contributed by atoms with E-state index in [-0.39, 0.29) is 18.3 Å². The molecule has 0 fully saturated rings. The van der Waals surface area contributed by atoms with Gasteiger partial charge < -0.3 is 34.3 Å². The van der Waals surface area contributed by atoms with Crippen molar-refractivity contribution >= 4 is 0 Å². The number of phenolic OH excluding ortho intramolecular Hbond substituents is 1. The van der Waals surface area contributed by atoms with Crippen LogP contribution in [0.3, 0.4) is 0 Å². The lowest BCUT2D eigenvalue weighted by molar-refractivity contribution is -0.215. The van der Waals surface area contributed by atoms with Crippen molar-refractivity contribution in [3.8, 4) is 28.7 Å². The van der Waals surface area contributed by atoms with Gasteiger partial charge in [-0.2, -0.15) is 0 Å². The molecular weight excluding hydrogens is 304 g/mol. The number of aliphatic hydroxyl groups is 2. The number of fused-ring (bicyclic) bond motifs is 6. The van der Waals surface area contributed by atoms with E-state index < -0.39 is 18.0 Å². The molecule has 3 aliphatic heterocycles. The molecular formula is C16H12O7. The summed E-state index contributed by atoms with van der Waals surface area (Å²) in [5, 5.41) is 31.1. The predicted molar refractivity (Wildman–Crippen MR) is 74.6 cm³/mol. The van der Waals surface area contributed by atoms with E-state index in [0.29, 0.717) is 28.4 Å². The standard InChI is InChI=1S/C16H12O7/c17-7-1-2-8-10(3-7)23-15(18)16(19)9-4-12-13(21-6-20-12)5-11(9)22-14(8)16/h1-5,14-15,17-19H,6H2/t14-,15-,16+/m0/s1. The first-order valence-corrected chi connectivity index (χ1v) is 7.08. The lowest BCUT2D eigenvalue weighted by atomic mass is 9.83. The Kier molecular flexibility index (Phi) is 2.24. The molecule has 0 aliphatic carbocycles. The monoisotopic (exact) mass is 316 g/mol. The second-order valence-corrected chi connectivity index (χ2v) is 5.72. The van der Waals surface area contributed by atoms with E-state index in [2.05, 4.69) is 0 Å². The summed E-state index contributed by atoms with van der Waals surface area (Å²) < 4.78 is 21.9. The van der Waals surface area contributed by atoms with Gasteiger partial charge in [0.15, 0.2) is 23.2 Å². The van der Waals surface area contributed by atoms with Crippen molar-refractivity contribution in [3.63, 3.8) is 0 Å². The number of ether oxygens (including phenoxy) is 4. The van der Waals surface area contributed by atoms with Gasteiger partial charge in [-0.25, -0.2) is 0 Å². The lowest BCUT2D eigenvalue weighted by Gasteiger charge is -2.38. The predicted octanol–water partition coefficient (Wildman–Crippen LogP) is 1.15. The van der Waals surface area contributed by atoms with Gasteiger partial charge in [0.05, 0.1) is 0 Å². The van der Waals surface area contributed by atoms with Crippen LogP contribution in [0.2, 0.25) is 0 Å². The van der Waals surface area contributed by atoms with E-state index in [1.54, 1.807) is 18.2 Å². The van der Waals surface area contributed by atoms with Crippen molar-refractivity contribution < 1.29 is 34.3 Å². The number of aromatic hydroxyl groups is 1. The van der Waals surface area contributed by atoms with Crippen LogP contribution in [0.1, 0.15) is 17.2 Å². The second kappa shape index (κ2) is 4.01. The van der Waals surface area contributed by atoms with Crippen LogP contribution < -0.4 is 18.9 Å². The minimum Gasteiger partial charge on any atom is -0.508 e. The van der Waals surface area contributed by atoms with Crippen molar-refractivity contribution in [1.29, 1.82) is 0 Å². The van der Waals surface area contributed by atoms with Gasteiger partial charge in [-0.15, -0.1) is 0 Å². The van der Waals surface area contributed by atoms with E-state index in [1.807, 2.05) is 0 Å². The molecule has 2 aromatic rings. The van der Waals surface area contributed by atoms with Crippen LogP contribution >= 0.6 is 0 Å². The second-order valence-electron chi connectivity index (χ2n) is 5.72. The average molecular weight is 316 g/mol. The number of hydrogen-bond donors (Lipinski definition) is 3. The molecule has 0 aromatic heterocycles. The average Bonchev–Trinajstić information content (AvgIpc) is 3.08. The van der Waals surface area contributed by atoms with Crippen molar-refractivity contribution in [2.24, 2.45) is 0 Å². The van der Waals surface area contributed by atoms with E-state index in [9.17, 15) is 15.3 Å². The summed E-state index contributed by atoms with van der Waals surface area (Å²) >= 11 is 0. The van der Waals surface area contributed by atoms with Crippen LogP contribution in [-0.4, -0.2) is 28.4 Å². The van der Waals surface area contributed by atoms with Crippen LogP contribution in [0, 0.1) is 0 Å². The Morgan fingerprint density at radius 2 is 1.74 bits per heavy atom. The quantitative estimate of drug-likeness (QED) is 0.671. The Morgan fingerprint density at radius 1 is 0.957 bits per heavy atom. The summed E-state index contributed by atoms with van der Waals surface area (Å²) in [6, 6.07) is 7.66. The zero-order valence-electron chi connectivity index (χ0n) is 11.7. The molecule has 7 heteroatoms. The van der Waals surface area contributed by atoms with E-state index in [4.69, 9.17) is 18.9 Å². The molecule has 2 aromatic carbocycles. The number of aliphatic hydroxyl groups excluding tert-OH is 1. The van der Waals surface area contributed by atoms with Gasteiger partial charge in [-0.1, -0.05) is 0 Å². The fourth-order valence-corrected chi connectivity index (χ4v) is 3.31. The fourth-order valence-electron chi connectivity index (χ4n) is 3.31. The molecule has 0 saturated heterocycles. The van der Waals surface area contributed by atoms with Gasteiger partial charge in [-0.05, 0) is 18.2 Å². The third kappa shape index (κ3) is 1.50. The number of benzene rings is 2. The first kappa shape index (κ1) is 12.9. The number of rotatable bonds is 0. The minimum absolute atomic E-state index is 0.00215. The largest absolute Gasteiger partial charge is 0.508 e. The maximum Gasteiger partial charge on any atom is 0.235 e. The summed E-state index contributed by atoms with van der Waals surface area (Å²) in [5.41, 5.74) is -0.868. The summed E-state index contributed by atoms with van der Waals surface area (Å²) in [6.07, 6.45) is -2.41. The molecule has 118 valence electrons. The van der Waals surface area contributed by atoms with Gasteiger partial charge in [0.2, 0.25) is 13.1 Å². The number of hydrogen-bond acceptors (Lipinski definition) is 7. The van der Waals surface area contributed by atoms with Crippen molar-refractivity contribution in [2.45, 2.75) is 18.0 Å². The summed E-state index contributed by atoms with van der Waals surface area (Å²) in [4.78, 5) is 0. The molecule has 0 radical (unpaired) electrons. The zero-order chi connectivity index (χ0) is 15.8. The molecule has 0 spiro atoms. The van der Waals surface area contributed by atoms with E-state index in [0.717, 1.165) is 0 Å².